The van der Waals surface area contributed by atoms with Gasteiger partial charge in [-0.25, -0.2) is 25.3 Å². The van der Waals surface area contributed by atoms with Gasteiger partial charge in [-0.15, -0.1) is 0 Å². The molecule has 0 radical (unpaired) electrons. The lowest BCUT2D eigenvalue weighted by molar-refractivity contribution is -0.0442. The van der Waals surface area contributed by atoms with Crippen molar-refractivity contribution in [2.24, 2.45) is 0 Å². The molecule has 0 aliphatic rings. The van der Waals surface area contributed by atoms with E-state index in [2.05, 4.69) is 0 Å². The molecule has 6 rings (SSSR count). The predicted molar refractivity (Wildman–Crippen MR) is 227 cm³/mol. The zero-order valence-electron chi connectivity index (χ0n) is 32.3. The van der Waals surface area contributed by atoms with Crippen LogP contribution in [0.1, 0.15) is 33.4 Å². The normalized spacial score (nSPS) is 13.3. The molecule has 0 N–H and O–H groups in total. The van der Waals surface area contributed by atoms with E-state index in [-0.39, 0.29) is 0 Å². The highest BCUT2D eigenvalue weighted by Crippen LogP contribution is 2.37. The van der Waals surface area contributed by atoms with Gasteiger partial charge in [0.05, 0.1) is 14.7 Å². The van der Waals surface area contributed by atoms with Crippen LogP contribution in [0.15, 0.2) is 160 Å². The van der Waals surface area contributed by atoms with Crippen LogP contribution in [0.4, 0.5) is 56.6 Å². The number of alkyl halides is 9. The molecule has 0 saturated heterocycles. The first kappa shape index (κ1) is 47.0. The first-order chi connectivity index (χ1) is 29.9. The summed E-state index contributed by atoms with van der Waals surface area (Å²) in [5.41, 5.74) is -10.9. The van der Waals surface area contributed by atoms with Crippen molar-refractivity contribution in [2.45, 2.75) is 31.2 Å². The summed E-state index contributed by atoms with van der Waals surface area (Å²) in [5.74, 6) is 0. The Kier molecular flexibility index (Phi) is 13.2. The van der Waals surface area contributed by atoms with Gasteiger partial charge in [0, 0.05) is 17.1 Å². The molecule has 0 bridgehead atoms. The van der Waals surface area contributed by atoms with E-state index in [4.69, 9.17) is 0 Å². The van der Waals surface area contributed by atoms with E-state index in [1.54, 1.807) is 109 Å². The molecule has 0 aromatic heterocycles. The molecule has 0 aliphatic carbocycles. The minimum absolute atomic E-state index is 0.438. The summed E-state index contributed by atoms with van der Waals surface area (Å²) in [7, 11) is -16.5. The molecule has 7 nitrogen and oxygen atoms in total. The molecule has 64 heavy (non-hydrogen) atoms. The predicted octanol–water partition coefficient (Wildman–Crippen LogP) is 12.5. The fourth-order valence-corrected chi connectivity index (χ4v) is 8.19. The molecule has 332 valence electrons. The Hall–Kier alpha value is -6.44. The molecule has 0 spiro atoms. The van der Waals surface area contributed by atoms with Crippen LogP contribution in [0.5, 0.6) is 0 Å². The third-order valence-electron chi connectivity index (χ3n) is 9.34. The molecule has 0 heterocycles. The van der Waals surface area contributed by atoms with E-state index in [0.717, 1.165) is 36.4 Å². The number of nitrogens with zero attached hydrogens (tertiary/aromatic N) is 1. The van der Waals surface area contributed by atoms with Crippen LogP contribution in [0.3, 0.4) is 0 Å². The van der Waals surface area contributed by atoms with Gasteiger partial charge in [-0.3, -0.25) is 0 Å². The smallest absolute Gasteiger partial charge is 0.311 e. The molecule has 0 saturated carbocycles. The summed E-state index contributed by atoms with van der Waals surface area (Å²) in [6.45, 7) is 0. The van der Waals surface area contributed by atoms with E-state index >= 15 is 0 Å². The molecule has 0 aliphatic heterocycles. The standard InChI is InChI=1S/C45H30F9NO6S3/c46-43(47,48)62(56,57)40-25-13-34(14-26-40)4-1-31-7-19-37(20-8-31)55(38-21-9-32(10-22-38)2-5-35-15-27-41(28-16-35)63(58,59)44(49,50)51)39-23-11-33(12-24-39)3-6-36-17-29-42(30-18-36)64(60,61)45(52,53)54/h1-30H/b4-1+,5-2+,6-3+. The van der Waals surface area contributed by atoms with Gasteiger partial charge in [-0.1, -0.05) is 109 Å². The Morgan fingerprint density at radius 3 is 0.594 bits per heavy atom. The average Bonchev–Trinajstić information content (AvgIpc) is 3.25. The lowest BCUT2D eigenvalue weighted by Crippen LogP contribution is -2.23. The van der Waals surface area contributed by atoms with Crippen LogP contribution in [-0.4, -0.2) is 41.8 Å². The molecule has 19 heteroatoms. The second-order valence-corrected chi connectivity index (χ2v) is 19.5. The van der Waals surface area contributed by atoms with Crippen molar-refractivity contribution in [3.05, 3.63) is 179 Å². The van der Waals surface area contributed by atoms with Gasteiger partial charge >= 0.3 is 16.5 Å². The zero-order valence-corrected chi connectivity index (χ0v) is 34.8. The highest BCUT2D eigenvalue weighted by molar-refractivity contribution is 7.92. The number of hydrogen-bond donors (Lipinski definition) is 0. The molecule has 6 aromatic rings. The van der Waals surface area contributed by atoms with E-state index < -0.39 is 60.7 Å². The molecule has 0 fully saturated rings. The SMILES string of the molecule is O=S(=O)(c1ccc(/C=C/c2ccc(N(c3ccc(/C=C/c4ccc(S(=O)(=O)C(F)(F)F)cc4)cc3)c3ccc(/C=C/c4ccc(S(=O)(=O)C(F)(F)F)cc4)cc3)cc2)cc1)C(F)(F)F. The largest absolute Gasteiger partial charge is 0.501 e. The maximum absolute atomic E-state index is 12.9. The van der Waals surface area contributed by atoms with Gasteiger partial charge in [0.15, 0.2) is 0 Å². The van der Waals surface area contributed by atoms with Crippen LogP contribution in [0.2, 0.25) is 0 Å². The minimum Gasteiger partial charge on any atom is -0.311 e. The van der Waals surface area contributed by atoms with Crippen LogP contribution in [0.25, 0.3) is 36.5 Å². The fourth-order valence-electron chi connectivity index (χ4n) is 5.90. The first-order valence-corrected chi connectivity index (χ1v) is 22.7. The molecule has 0 unspecified atom stereocenters. The molecule has 0 amide bonds. The van der Waals surface area contributed by atoms with Crippen LogP contribution in [0, 0.1) is 0 Å². The lowest BCUT2D eigenvalue weighted by Gasteiger charge is -2.26. The summed E-state index contributed by atoms with van der Waals surface area (Å²) in [6.07, 6.45) is 9.80. The maximum Gasteiger partial charge on any atom is 0.501 e. The van der Waals surface area contributed by atoms with E-state index in [0.29, 0.717) is 50.4 Å². The van der Waals surface area contributed by atoms with E-state index in [9.17, 15) is 64.8 Å². The number of halogens is 9. The Bertz CT molecular complexity index is 2700. The number of sulfone groups is 3. The summed E-state index contributed by atoms with van der Waals surface area (Å²) in [6, 6.07) is 34.1. The highest BCUT2D eigenvalue weighted by atomic mass is 32.2. The Labute approximate surface area is 361 Å². The van der Waals surface area contributed by atoms with Gasteiger partial charge in [-0.05, 0) is 106 Å². The van der Waals surface area contributed by atoms with Gasteiger partial charge in [0.2, 0.25) is 0 Å². The third kappa shape index (κ3) is 10.5. The van der Waals surface area contributed by atoms with Gasteiger partial charge in [0.1, 0.15) is 0 Å². The van der Waals surface area contributed by atoms with Gasteiger partial charge in [0.25, 0.3) is 29.5 Å². The molecular formula is C45H30F9NO6S3. The monoisotopic (exact) mass is 947 g/mol. The topological polar surface area (TPSA) is 106 Å². The third-order valence-corrected chi connectivity index (χ3v) is 13.9. The first-order valence-electron chi connectivity index (χ1n) is 18.3. The van der Waals surface area contributed by atoms with Crippen LogP contribution in [-0.2, 0) is 29.5 Å². The van der Waals surface area contributed by atoms with E-state index in [1.807, 2.05) is 4.90 Å². The van der Waals surface area contributed by atoms with Crippen LogP contribution < -0.4 is 4.90 Å². The summed E-state index contributed by atoms with van der Waals surface area (Å²) < 4.78 is 187. The molecular weight excluding hydrogens is 918 g/mol. The van der Waals surface area contributed by atoms with Gasteiger partial charge in [-0.2, -0.15) is 39.5 Å². The lowest BCUT2D eigenvalue weighted by atomic mass is 10.1. The number of hydrogen-bond acceptors (Lipinski definition) is 7. The molecule has 6 aromatic carbocycles. The van der Waals surface area contributed by atoms with Crippen molar-refractivity contribution in [2.75, 3.05) is 4.90 Å². The van der Waals surface area contributed by atoms with E-state index in [1.165, 1.54) is 36.4 Å². The number of rotatable bonds is 12. The summed E-state index contributed by atoms with van der Waals surface area (Å²) in [4.78, 5) is -0.759. The van der Waals surface area contributed by atoms with Gasteiger partial charge < -0.3 is 4.90 Å². The fraction of sp³-hybridized carbons (Fsp3) is 0.0667. The zero-order chi connectivity index (χ0) is 46.7. The Morgan fingerprint density at radius 2 is 0.438 bits per heavy atom. The summed E-state index contributed by atoms with van der Waals surface area (Å²) >= 11 is 0. The minimum atomic E-state index is -5.50. The average molecular weight is 948 g/mol. The van der Waals surface area contributed by atoms with Crippen molar-refractivity contribution in [1.82, 2.24) is 0 Å². The van der Waals surface area contributed by atoms with Crippen molar-refractivity contribution in [3.8, 4) is 0 Å². The highest BCUT2D eigenvalue weighted by Gasteiger charge is 2.48. The maximum atomic E-state index is 12.9. The van der Waals surface area contributed by atoms with Crippen molar-refractivity contribution in [3.63, 3.8) is 0 Å². The van der Waals surface area contributed by atoms with Crippen molar-refractivity contribution >= 4 is 83.0 Å². The quantitative estimate of drug-likeness (QED) is 0.0888. The Balaban J connectivity index is 1.25. The van der Waals surface area contributed by atoms with Crippen molar-refractivity contribution < 1.29 is 64.8 Å². The summed E-state index contributed by atoms with van der Waals surface area (Å²) in [5, 5.41) is 0. The molecule has 0 atom stereocenters. The number of anilines is 3. The number of benzene rings is 6. The Morgan fingerprint density at radius 1 is 0.281 bits per heavy atom. The van der Waals surface area contributed by atoms with Crippen LogP contribution >= 0.6 is 0 Å². The van der Waals surface area contributed by atoms with Crippen molar-refractivity contribution in [1.29, 1.82) is 0 Å². The second-order valence-electron chi connectivity index (χ2n) is 13.7. The second kappa shape index (κ2) is 18.0.